The van der Waals surface area contributed by atoms with Crippen LogP contribution in [0.5, 0.6) is 0 Å². The summed E-state index contributed by atoms with van der Waals surface area (Å²) >= 11 is 0. The molecule has 0 aliphatic carbocycles. The van der Waals surface area contributed by atoms with Gasteiger partial charge in [0, 0.05) is 0 Å². The first-order chi connectivity index (χ1) is 15.2. The molecule has 1 saturated heterocycles. The number of anilines is 1. The molecule has 6 N–H and O–H groups in total. The Labute approximate surface area is 178 Å². The van der Waals surface area contributed by atoms with Crippen molar-refractivity contribution in [3.05, 3.63) is 40.9 Å². The van der Waals surface area contributed by atoms with Gasteiger partial charge in [0.1, 0.15) is 18.3 Å². The Morgan fingerprint density at radius 3 is 2.56 bits per heavy atom. The van der Waals surface area contributed by atoms with Crippen molar-refractivity contribution in [3.63, 3.8) is 0 Å². The molecule has 4 atom stereocenters. The van der Waals surface area contributed by atoms with Crippen molar-refractivity contribution < 1.29 is 33.0 Å². The average Bonchev–Trinajstić information content (AvgIpc) is 3.29. The van der Waals surface area contributed by atoms with E-state index in [-0.39, 0.29) is 22.0 Å². The highest BCUT2D eigenvalue weighted by Crippen LogP contribution is 2.31. The van der Waals surface area contributed by atoms with Crippen molar-refractivity contribution in [2.75, 3.05) is 12.0 Å². The third-order valence-corrected chi connectivity index (χ3v) is 5.56. The van der Waals surface area contributed by atoms with E-state index in [0.717, 1.165) is 12.1 Å². The second-order valence-corrected chi connectivity index (χ2v) is 8.18. The van der Waals surface area contributed by atoms with Gasteiger partial charge >= 0.3 is 0 Å². The van der Waals surface area contributed by atoms with Crippen LogP contribution in [-0.2, 0) is 14.9 Å². The van der Waals surface area contributed by atoms with Crippen molar-refractivity contribution >= 4 is 32.9 Å². The lowest BCUT2D eigenvalue weighted by atomic mass is 10.1. The van der Waals surface area contributed by atoms with E-state index in [9.17, 15) is 28.5 Å². The summed E-state index contributed by atoms with van der Waals surface area (Å²) in [5.74, 6) is -0.224. The second kappa shape index (κ2) is 8.34. The Morgan fingerprint density at radius 1 is 1.22 bits per heavy atom. The zero-order valence-corrected chi connectivity index (χ0v) is 16.8. The van der Waals surface area contributed by atoms with Crippen LogP contribution in [0.25, 0.3) is 11.2 Å². The van der Waals surface area contributed by atoms with Gasteiger partial charge in [-0.2, -0.15) is 13.4 Å². The number of hydrogen-bond acceptors (Lipinski definition) is 11. The molecule has 1 aromatic carbocycles. The van der Waals surface area contributed by atoms with Gasteiger partial charge in [0.15, 0.2) is 17.4 Å². The van der Waals surface area contributed by atoms with Crippen LogP contribution in [-0.4, -0.2) is 72.7 Å². The molecular formula is C16H17N7O8S. The van der Waals surface area contributed by atoms with Crippen molar-refractivity contribution in [1.82, 2.24) is 19.5 Å². The van der Waals surface area contributed by atoms with Crippen LogP contribution in [0.2, 0.25) is 0 Å². The topological polar surface area (TPSA) is 225 Å². The molecule has 0 bridgehead atoms. The normalized spacial score (nSPS) is 23.9. The van der Waals surface area contributed by atoms with Gasteiger partial charge in [0.2, 0.25) is 0 Å². The fourth-order valence-electron chi connectivity index (χ4n) is 3.09. The van der Waals surface area contributed by atoms with E-state index < -0.39 is 46.8 Å². The van der Waals surface area contributed by atoms with Gasteiger partial charge in [-0.15, -0.1) is 0 Å². The number of ether oxygens (including phenoxy) is 1. The Balaban J connectivity index is 1.58. The molecule has 1 aliphatic rings. The van der Waals surface area contributed by atoms with E-state index in [1.165, 1.54) is 23.0 Å². The second-order valence-electron chi connectivity index (χ2n) is 6.75. The summed E-state index contributed by atoms with van der Waals surface area (Å²) < 4.78 is 37.7. The molecule has 15 nitrogen and oxygen atoms in total. The molecule has 3 aromatic rings. The van der Waals surface area contributed by atoms with Crippen LogP contribution in [0, 0.1) is 0 Å². The molecule has 2 aromatic heterocycles. The highest BCUT2D eigenvalue weighted by Gasteiger charge is 2.44. The Kier molecular flexibility index (Phi) is 5.71. The first-order valence-corrected chi connectivity index (χ1v) is 10.5. The van der Waals surface area contributed by atoms with Crippen LogP contribution >= 0.6 is 0 Å². The van der Waals surface area contributed by atoms with Gasteiger partial charge in [-0.1, -0.05) is 10.3 Å². The number of aliphatic hydroxyl groups excluding tert-OH is 3. The molecule has 1 aliphatic heterocycles. The summed E-state index contributed by atoms with van der Waals surface area (Å²) in [7, 11) is -4.32. The third-order valence-electron chi connectivity index (χ3n) is 4.69. The number of aromatic amines is 1. The predicted molar refractivity (Wildman–Crippen MR) is 106 cm³/mol. The lowest BCUT2D eigenvalue weighted by molar-refractivity contribution is -0.0511. The Bertz CT molecular complexity index is 1320. The molecule has 0 amide bonds. The number of nitrogens with one attached hydrogen (secondary N) is 2. The van der Waals surface area contributed by atoms with Crippen molar-refractivity contribution in [3.8, 4) is 0 Å². The minimum atomic E-state index is -4.32. The molecule has 16 heteroatoms. The summed E-state index contributed by atoms with van der Waals surface area (Å²) in [5, 5.41) is 36.8. The van der Waals surface area contributed by atoms with Gasteiger partial charge in [0.05, 0.1) is 23.5 Å². The number of benzene rings is 1. The summed E-state index contributed by atoms with van der Waals surface area (Å²) in [4.78, 5) is 22.4. The number of rotatable bonds is 6. The first-order valence-electron chi connectivity index (χ1n) is 9.02. The number of fused-ring (bicyclic) bond motifs is 1. The Morgan fingerprint density at radius 2 is 1.94 bits per heavy atom. The van der Waals surface area contributed by atoms with E-state index in [1.54, 1.807) is 0 Å². The monoisotopic (exact) mass is 467 g/mol. The lowest BCUT2D eigenvalue weighted by Crippen LogP contribution is -2.33. The quantitative estimate of drug-likeness (QED) is 0.148. The lowest BCUT2D eigenvalue weighted by Gasteiger charge is -2.16. The summed E-state index contributed by atoms with van der Waals surface area (Å²) in [6.45, 7) is -0.522. The number of imidazole rings is 1. The van der Waals surface area contributed by atoms with Gasteiger partial charge in [0.25, 0.3) is 21.6 Å². The fraction of sp³-hybridized carbons (Fsp3) is 0.312. The molecule has 32 heavy (non-hydrogen) atoms. The summed E-state index contributed by atoms with van der Waals surface area (Å²) in [5.41, 5.74) is 2.11. The van der Waals surface area contributed by atoms with E-state index in [1.807, 2.05) is 0 Å². The van der Waals surface area contributed by atoms with E-state index in [2.05, 4.69) is 30.7 Å². The zero-order chi connectivity index (χ0) is 23.0. The van der Waals surface area contributed by atoms with Crippen molar-refractivity contribution in [2.45, 2.75) is 29.4 Å². The van der Waals surface area contributed by atoms with Crippen LogP contribution in [0.4, 0.5) is 11.6 Å². The molecule has 3 heterocycles. The molecule has 0 saturated carbocycles. The highest BCUT2D eigenvalue weighted by atomic mass is 32.2. The van der Waals surface area contributed by atoms with Gasteiger partial charge in [-0.25, -0.2) is 4.98 Å². The summed E-state index contributed by atoms with van der Waals surface area (Å²) in [6.07, 6.45) is -3.72. The number of aliphatic hydroxyl groups is 3. The minimum absolute atomic E-state index is 0.00459. The van der Waals surface area contributed by atoms with Crippen molar-refractivity contribution in [1.29, 1.82) is 0 Å². The van der Waals surface area contributed by atoms with E-state index >= 15 is 0 Å². The van der Waals surface area contributed by atoms with Gasteiger partial charge in [-0.3, -0.25) is 24.3 Å². The molecule has 0 unspecified atom stereocenters. The number of hydrogen-bond donors (Lipinski definition) is 6. The fourth-order valence-corrected chi connectivity index (χ4v) is 3.57. The molecule has 170 valence electrons. The molecular weight excluding hydrogens is 450 g/mol. The largest absolute Gasteiger partial charge is 0.394 e. The maximum absolute atomic E-state index is 12.3. The van der Waals surface area contributed by atoms with E-state index in [0.29, 0.717) is 5.69 Å². The average molecular weight is 467 g/mol. The van der Waals surface area contributed by atoms with Crippen LogP contribution in [0.3, 0.4) is 0 Å². The molecule has 0 spiro atoms. The van der Waals surface area contributed by atoms with Crippen molar-refractivity contribution in [2.24, 2.45) is 10.3 Å². The van der Waals surface area contributed by atoms with Gasteiger partial charge < -0.3 is 20.1 Å². The standard InChI is InChI=1S/C16H17N7O8S/c24-5-9-11(25)12(26)15(31-9)23-6-17-10-13(23)18-16(19-14(10)27)21-22-20-7-1-3-8(4-2-7)32(28,29)30/h1-4,6,9,11-12,15,24-26H,5H2,(H,28,29,30)(H2,18,19,20,21,27)/t9-,11-,12-,15-/m1/s1. The molecule has 4 rings (SSSR count). The number of H-pyrrole nitrogens is 1. The maximum Gasteiger partial charge on any atom is 0.294 e. The zero-order valence-electron chi connectivity index (χ0n) is 16.0. The van der Waals surface area contributed by atoms with Crippen LogP contribution < -0.4 is 11.0 Å². The SMILES string of the molecule is O=c1[nH]c(N=NNc2ccc(S(=O)(=O)O)cc2)nc2c1ncn2[C@@H]1O[C@H](CO)[C@@H](O)[C@H]1O. The summed E-state index contributed by atoms with van der Waals surface area (Å²) in [6, 6.07) is 4.97. The number of nitrogens with zero attached hydrogens (tertiary/aromatic N) is 5. The minimum Gasteiger partial charge on any atom is -0.394 e. The highest BCUT2D eigenvalue weighted by molar-refractivity contribution is 7.85. The van der Waals surface area contributed by atoms with Crippen LogP contribution in [0.1, 0.15) is 6.23 Å². The Hall–Kier alpha value is -3.28. The molecule has 1 fully saturated rings. The smallest absolute Gasteiger partial charge is 0.294 e. The molecule has 0 radical (unpaired) electrons. The third kappa shape index (κ3) is 4.09. The number of aromatic nitrogens is 4. The predicted octanol–water partition coefficient (Wildman–Crippen LogP) is -0.911. The van der Waals surface area contributed by atoms with E-state index in [4.69, 9.17) is 9.29 Å². The van der Waals surface area contributed by atoms with Gasteiger partial charge in [-0.05, 0) is 24.3 Å². The first kappa shape index (κ1) is 21.9. The maximum atomic E-state index is 12.3. The van der Waals surface area contributed by atoms with Crippen LogP contribution in [0.15, 0.2) is 50.6 Å².